The summed E-state index contributed by atoms with van der Waals surface area (Å²) in [6.07, 6.45) is -12.5. The Morgan fingerprint density at radius 1 is 0.857 bits per heavy atom. The van der Waals surface area contributed by atoms with E-state index in [9.17, 15) is 45.1 Å². The summed E-state index contributed by atoms with van der Waals surface area (Å²) >= 11 is 0. The van der Waals surface area contributed by atoms with Gasteiger partial charge in [-0.1, -0.05) is 18.2 Å². The van der Waals surface area contributed by atoms with Gasteiger partial charge in [-0.15, -0.1) is 0 Å². The lowest BCUT2D eigenvalue weighted by Gasteiger charge is -2.31. The van der Waals surface area contributed by atoms with Gasteiger partial charge in [-0.25, -0.2) is 9.18 Å². The summed E-state index contributed by atoms with van der Waals surface area (Å²) in [5.74, 6) is -3.10. The van der Waals surface area contributed by atoms with Crippen LogP contribution < -0.4 is 10.6 Å². The molecule has 0 bridgehead atoms. The van der Waals surface area contributed by atoms with Crippen LogP contribution in [0.3, 0.4) is 0 Å². The number of hydrogen-bond acceptors (Lipinski definition) is 4. The lowest BCUT2D eigenvalue weighted by atomic mass is 9.90. The number of anilines is 2. The minimum absolute atomic E-state index is 0.0389. The SMILES string of the molecule is CCOC(=O)C(=O)Nc1cccc(C(=O)Nc2c(C)cc(C(F)(C(F)(F)F)C(F)(F)F)cc2C)c1. The molecule has 0 aromatic heterocycles. The zero-order chi connectivity index (χ0) is 26.8. The number of carbonyl (C=O) groups excluding carboxylic acids is 3. The number of hydrogen-bond donors (Lipinski definition) is 2. The van der Waals surface area contributed by atoms with E-state index in [0.717, 1.165) is 13.8 Å². The number of alkyl halides is 7. The molecule has 0 aliphatic rings. The third-order valence-electron chi connectivity index (χ3n) is 4.79. The molecule has 2 rings (SSSR count). The van der Waals surface area contributed by atoms with Crippen LogP contribution in [-0.4, -0.2) is 36.7 Å². The maximum atomic E-state index is 14.4. The first kappa shape index (κ1) is 27.6. The summed E-state index contributed by atoms with van der Waals surface area (Å²) < 4.78 is 97.4. The largest absolute Gasteiger partial charge is 0.459 e. The van der Waals surface area contributed by atoms with Crippen molar-refractivity contribution in [3.05, 3.63) is 58.7 Å². The Hall–Kier alpha value is -3.64. The fourth-order valence-electron chi connectivity index (χ4n) is 3.15. The van der Waals surface area contributed by atoms with Gasteiger partial charge in [-0.3, -0.25) is 9.59 Å². The van der Waals surface area contributed by atoms with E-state index in [4.69, 9.17) is 0 Å². The van der Waals surface area contributed by atoms with Crippen LogP contribution in [0.25, 0.3) is 0 Å². The maximum absolute atomic E-state index is 14.4. The van der Waals surface area contributed by atoms with Crippen molar-refractivity contribution in [2.45, 2.75) is 38.8 Å². The molecule has 0 unspecified atom stereocenters. The third kappa shape index (κ3) is 5.72. The highest BCUT2D eigenvalue weighted by molar-refractivity contribution is 6.37. The molecule has 0 heterocycles. The van der Waals surface area contributed by atoms with Crippen LogP contribution in [0.4, 0.5) is 42.1 Å². The molecule has 0 radical (unpaired) electrons. The number of nitrogens with one attached hydrogen (secondary N) is 2. The molecule has 2 amide bonds. The standard InChI is InChI=1S/C22H19F7N2O4/c1-4-35-19(34)18(33)30-15-7-5-6-13(10-15)17(32)31-16-11(2)8-14(9-12(16)3)20(23,21(24,25)26)22(27,28)29/h5-10H,4H2,1-3H3,(H,30,33)(H,31,32). The summed E-state index contributed by atoms with van der Waals surface area (Å²) in [5.41, 5.74) is -7.95. The zero-order valence-electron chi connectivity index (χ0n) is 18.4. The van der Waals surface area contributed by atoms with Crippen LogP contribution in [0, 0.1) is 13.8 Å². The van der Waals surface area contributed by atoms with Gasteiger partial charge in [0.15, 0.2) is 0 Å². The lowest BCUT2D eigenvalue weighted by molar-refractivity contribution is -0.348. The van der Waals surface area contributed by atoms with E-state index in [-0.39, 0.29) is 34.7 Å². The van der Waals surface area contributed by atoms with Gasteiger partial charge in [0, 0.05) is 22.5 Å². The fraction of sp³-hybridized carbons (Fsp3) is 0.318. The Morgan fingerprint density at radius 2 is 1.40 bits per heavy atom. The molecule has 0 saturated heterocycles. The van der Waals surface area contributed by atoms with Crippen molar-refractivity contribution < 1.29 is 49.9 Å². The third-order valence-corrected chi connectivity index (χ3v) is 4.79. The van der Waals surface area contributed by atoms with Crippen LogP contribution in [0.1, 0.15) is 34.0 Å². The summed E-state index contributed by atoms with van der Waals surface area (Å²) in [4.78, 5) is 35.8. The number of ether oxygens (including phenoxy) is 1. The molecule has 0 fully saturated rings. The maximum Gasteiger partial charge on any atom is 0.435 e. The number of benzene rings is 2. The quantitative estimate of drug-likeness (QED) is 0.324. The van der Waals surface area contributed by atoms with Crippen molar-refractivity contribution >= 4 is 29.2 Å². The van der Waals surface area contributed by atoms with Gasteiger partial charge in [0.2, 0.25) is 0 Å². The average Bonchev–Trinajstić information content (AvgIpc) is 2.74. The van der Waals surface area contributed by atoms with Crippen LogP contribution in [0.15, 0.2) is 36.4 Å². The Balaban J connectivity index is 2.35. The number of halogens is 7. The van der Waals surface area contributed by atoms with Gasteiger partial charge in [0.25, 0.3) is 5.91 Å². The van der Waals surface area contributed by atoms with E-state index < -0.39 is 41.4 Å². The van der Waals surface area contributed by atoms with E-state index in [1.165, 1.54) is 31.2 Å². The monoisotopic (exact) mass is 508 g/mol. The van der Waals surface area contributed by atoms with Gasteiger partial charge >= 0.3 is 29.9 Å². The van der Waals surface area contributed by atoms with E-state index in [1.807, 2.05) is 0 Å². The number of amides is 2. The first-order chi connectivity index (χ1) is 16.0. The smallest absolute Gasteiger partial charge is 0.435 e. The van der Waals surface area contributed by atoms with Crippen molar-refractivity contribution in [1.29, 1.82) is 0 Å². The van der Waals surface area contributed by atoms with Crippen molar-refractivity contribution in [1.82, 2.24) is 0 Å². The van der Waals surface area contributed by atoms with Crippen molar-refractivity contribution in [3.8, 4) is 0 Å². The number of carbonyl (C=O) groups is 3. The van der Waals surface area contributed by atoms with E-state index in [1.54, 1.807) is 0 Å². The first-order valence-corrected chi connectivity index (χ1v) is 9.86. The van der Waals surface area contributed by atoms with Gasteiger partial charge < -0.3 is 15.4 Å². The van der Waals surface area contributed by atoms with Gasteiger partial charge in [-0.05, 0) is 50.1 Å². The van der Waals surface area contributed by atoms with Gasteiger partial charge in [-0.2, -0.15) is 26.3 Å². The normalized spacial score (nSPS) is 12.2. The topological polar surface area (TPSA) is 84.5 Å². The second-order valence-electron chi connectivity index (χ2n) is 7.35. The number of rotatable bonds is 5. The number of aryl methyl sites for hydroxylation is 2. The molecule has 0 saturated carbocycles. The summed E-state index contributed by atoms with van der Waals surface area (Å²) in [6.45, 7) is 3.67. The summed E-state index contributed by atoms with van der Waals surface area (Å²) in [7, 11) is 0. The highest BCUT2D eigenvalue weighted by Gasteiger charge is 2.73. The second kappa shape index (κ2) is 9.92. The van der Waals surface area contributed by atoms with Crippen LogP contribution in [-0.2, 0) is 20.0 Å². The summed E-state index contributed by atoms with van der Waals surface area (Å²) in [6, 6.07) is 5.90. The Morgan fingerprint density at radius 3 is 1.89 bits per heavy atom. The van der Waals surface area contributed by atoms with Crippen molar-refractivity contribution in [2.75, 3.05) is 17.2 Å². The predicted molar refractivity (Wildman–Crippen MR) is 110 cm³/mol. The first-order valence-electron chi connectivity index (χ1n) is 9.86. The molecule has 0 spiro atoms. The molecule has 0 aliphatic heterocycles. The van der Waals surface area contributed by atoms with Crippen molar-refractivity contribution in [3.63, 3.8) is 0 Å². The molecule has 6 nitrogen and oxygen atoms in total. The minimum atomic E-state index is -6.27. The van der Waals surface area contributed by atoms with E-state index in [0.29, 0.717) is 12.1 Å². The molecule has 2 N–H and O–H groups in total. The Bertz CT molecular complexity index is 1110. The molecule has 0 aliphatic carbocycles. The molecule has 35 heavy (non-hydrogen) atoms. The molecule has 13 heteroatoms. The van der Waals surface area contributed by atoms with Crippen molar-refractivity contribution in [2.24, 2.45) is 0 Å². The average molecular weight is 508 g/mol. The van der Waals surface area contributed by atoms with Crippen LogP contribution >= 0.6 is 0 Å². The Kier molecular flexibility index (Phi) is 7.82. The molecule has 0 atom stereocenters. The van der Waals surface area contributed by atoms with Crippen LogP contribution in [0.2, 0.25) is 0 Å². The second-order valence-corrected chi connectivity index (χ2v) is 7.35. The zero-order valence-corrected chi connectivity index (χ0v) is 18.4. The highest BCUT2D eigenvalue weighted by atomic mass is 19.4. The molecular weight excluding hydrogens is 489 g/mol. The highest BCUT2D eigenvalue weighted by Crippen LogP contribution is 2.53. The van der Waals surface area contributed by atoms with Gasteiger partial charge in [0.1, 0.15) is 0 Å². The molecule has 2 aromatic rings. The fourth-order valence-corrected chi connectivity index (χ4v) is 3.15. The number of esters is 1. The molecule has 190 valence electrons. The molecule has 2 aromatic carbocycles. The Labute approximate surface area is 194 Å². The van der Waals surface area contributed by atoms with E-state index in [2.05, 4.69) is 15.4 Å². The summed E-state index contributed by atoms with van der Waals surface area (Å²) in [5, 5.41) is 4.56. The molecular formula is C22H19F7N2O4. The van der Waals surface area contributed by atoms with Crippen LogP contribution in [0.5, 0.6) is 0 Å². The lowest BCUT2D eigenvalue weighted by Crippen LogP contribution is -2.50. The van der Waals surface area contributed by atoms with E-state index >= 15 is 0 Å². The minimum Gasteiger partial charge on any atom is -0.459 e. The van der Waals surface area contributed by atoms with Gasteiger partial charge in [0.05, 0.1) is 6.61 Å². The predicted octanol–water partition coefficient (Wildman–Crippen LogP) is 5.35.